The molecule has 3 heterocycles. The van der Waals surface area contributed by atoms with Gasteiger partial charge >= 0.3 is 27.2 Å². The lowest BCUT2D eigenvalue weighted by atomic mass is 10.1. The Hall–Kier alpha value is -3.96. The first-order valence-corrected chi connectivity index (χ1v) is 16.9. The molecule has 252 valence electrons. The van der Waals surface area contributed by atoms with E-state index in [0.29, 0.717) is 16.7 Å². The van der Waals surface area contributed by atoms with E-state index in [1.807, 2.05) is 0 Å². The Morgan fingerprint density at radius 3 is 2.49 bits per heavy atom. The number of nitrogens with one attached hydrogen (secondary N) is 1. The van der Waals surface area contributed by atoms with Crippen molar-refractivity contribution in [3.63, 3.8) is 0 Å². The minimum atomic E-state index is -5.32. The summed E-state index contributed by atoms with van der Waals surface area (Å²) in [6, 6.07) is 13.9. The summed E-state index contributed by atoms with van der Waals surface area (Å²) in [7, 11) is -9.07. The number of benzene rings is 2. The molecule has 4 aromatic rings. The first-order chi connectivity index (χ1) is 22.3. The number of aliphatic hydroxyl groups excluding tert-OH is 2. The highest BCUT2D eigenvalue weighted by Crippen LogP contribution is 2.60. The topological polar surface area (TPSA) is 240 Å². The van der Waals surface area contributed by atoms with E-state index < -0.39 is 70.0 Å². The van der Waals surface area contributed by atoms with Crippen LogP contribution in [-0.2, 0) is 38.8 Å². The van der Waals surface area contributed by atoms with Crippen molar-refractivity contribution in [1.29, 1.82) is 0 Å². The van der Waals surface area contributed by atoms with Crippen LogP contribution in [0.1, 0.15) is 18.8 Å². The molecule has 2 aromatic heterocycles. The van der Waals surface area contributed by atoms with Gasteiger partial charge in [0.25, 0.3) is 5.56 Å². The number of phosphoric acid groups is 1. The number of rotatable bonds is 13. The van der Waals surface area contributed by atoms with E-state index in [1.54, 1.807) is 30.3 Å². The highest BCUT2D eigenvalue weighted by molar-refractivity contribution is 7.63. The average Bonchev–Trinajstić information content (AvgIpc) is 3.57. The van der Waals surface area contributed by atoms with Crippen molar-refractivity contribution in [2.24, 2.45) is 0 Å². The molecule has 47 heavy (non-hydrogen) atoms. The van der Waals surface area contributed by atoms with Crippen LogP contribution in [0.5, 0.6) is 5.75 Å². The number of ether oxygens (including phenoxy) is 2. The summed E-state index contributed by atoms with van der Waals surface area (Å²) in [5.41, 5.74) is -0.890. The van der Waals surface area contributed by atoms with Crippen LogP contribution in [0.2, 0.25) is 0 Å². The number of phosphoric ester groups is 1. The Labute approximate surface area is 265 Å². The van der Waals surface area contributed by atoms with Crippen LogP contribution in [0.4, 0.5) is 0 Å². The van der Waals surface area contributed by atoms with Crippen LogP contribution in [0.15, 0.2) is 81.0 Å². The van der Waals surface area contributed by atoms with E-state index in [2.05, 4.69) is 15.0 Å². The lowest BCUT2D eigenvalue weighted by Gasteiger charge is -2.24. The maximum absolute atomic E-state index is 13.5. The quantitative estimate of drug-likeness (QED) is 0.114. The summed E-state index contributed by atoms with van der Waals surface area (Å²) < 4.78 is 58.6. The zero-order chi connectivity index (χ0) is 33.9. The number of methoxy groups -OCH3 is 1. The van der Waals surface area contributed by atoms with Crippen molar-refractivity contribution in [2.45, 2.75) is 44.1 Å². The van der Waals surface area contributed by atoms with Gasteiger partial charge < -0.3 is 33.6 Å². The highest BCUT2D eigenvalue weighted by atomic mass is 31.3. The van der Waals surface area contributed by atoms with Crippen LogP contribution in [-0.4, -0.2) is 73.4 Å². The summed E-state index contributed by atoms with van der Waals surface area (Å²) in [4.78, 5) is 48.3. The number of aliphatic hydroxyl groups is 2. The number of fused-ring (bicyclic) bond motifs is 1. The summed E-state index contributed by atoms with van der Waals surface area (Å²) in [5.74, 6) is -0.943. The van der Waals surface area contributed by atoms with Gasteiger partial charge in [-0.05, 0) is 31.2 Å². The number of para-hydroxylation sites is 2. The van der Waals surface area contributed by atoms with Gasteiger partial charge in [0.2, 0.25) is 0 Å². The number of hydrogen-bond acceptors (Lipinski definition) is 14. The standard InChI is InChI=1S/C27H30N4O14P2/c1-16(26(35)40-2)29-46(37,44-17-8-4-3-5-9-17)45-47(38,39)41-15-21-23(33)24(34)25(42-21)30-13-12-22(32)31(27(30)36)14-19-18-10-6-7-11-20(18)43-28-19/h3-13,16,21,23-25,33-34H,14-15H2,1-2H3,(H,29,37)(H,38,39)/t16?,21-,23+,24?,25-,46?/m1/s1. The molecule has 0 saturated carbocycles. The summed E-state index contributed by atoms with van der Waals surface area (Å²) in [5, 5.41) is 28.1. The van der Waals surface area contributed by atoms with E-state index in [0.717, 1.165) is 28.5 Å². The van der Waals surface area contributed by atoms with Crippen LogP contribution in [0, 0.1) is 0 Å². The molecule has 18 nitrogen and oxygen atoms in total. The molecule has 0 amide bonds. The van der Waals surface area contributed by atoms with E-state index >= 15 is 0 Å². The van der Waals surface area contributed by atoms with Crippen molar-refractivity contribution in [2.75, 3.05) is 13.7 Å². The second-order valence-corrected chi connectivity index (χ2v) is 13.5. The Balaban J connectivity index is 1.30. The van der Waals surface area contributed by atoms with Crippen molar-refractivity contribution >= 4 is 32.5 Å². The third-order valence-corrected chi connectivity index (χ3v) is 10.3. The number of hydrogen-bond donors (Lipinski definition) is 4. The predicted octanol–water partition coefficient (Wildman–Crippen LogP) is 1.29. The first-order valence-electron chi connectivity index (χ1n) is 13.9. The maximum atomic E-state index is 13.5. The van der Waals surface area contributed by atoms with Gasteiger partial charge in [0.1, 0.15) is 35.8 Å². The molecule has 0 bridgehead atoms. The number of carbonyl (C=O) groups is 1. The van der Waals surface area contributed by atoms with Gasteiger partial charge in [-0.2, -0.15) is 9.40 Å². The molecule has 5 rings (SSSR count). The summed E-state index contributed by atoms with van der Waals surface area (Å²) in [6.07, 6.45) is -5.58. The van der Waals surface area contributed by atoms with Crippen molar-refractivity contribution < 1.29 is 56.4 Å². The van der Waals surface area contributed by atoms with Gasteiger partial charge in [-0.1, -0.05) is 35.5 Å². The molecule has 0 radical (unpaired) electrons. The average molecular weight is 696 g/mol. The number of esters is 1. The molecule has 1 aliphatic rings. The zero-order valence-corrected chi connectivity index (χ0v) is 26.5. The summed E-state index contributed by atoms with van der Waals surface area (Å²) >= 11 is 0. The Morgan fingerprint density at radius 1 is 1.06 bits per heavy atom. The van der Waals surface area contributed by atoms with Crippen LogP contribution in [0.25, 0.3) is 11.0 Å². The molecular formula is C27H30N4O14P2. The van der Waals surface area contributed by atoms with Crippen LogP contribution in [0.3, 0.4) is 0 Å². The third-order valence-electron chi connectivity index (χ3n) is 6.95. The molecular weight excluding hydrogens is 666 g/mol. The largest absolute Gasteiger partial charge is 0.481 e. The Bertz CT molecular complexity index is 1950. The maximum Gasteiger partial charge on any atom is 0.481 e. The second kappa shape index (κ2) is 14.0. The van der Waals surface area contributed by atoms with Gasteiger partial charge in [0, 0.05) is 17.6 Å². The van der Waals surface area contributed by atoms with Gasteiger partial charge in [-0.15, -0.1) is 0 Å². The Morgan fingerprint density at radius 2 is 1.77 bits per heavy atom. The molecule has 2 aromatic carbocycles. The fourth-order valence-electron chi connectivity index (χ4n) is 4.65. The lowest BCUT2D eigenvalue weighted by Crippen LogP contribution is -2.43. The summed E-state index contributed by atoms with van der Waals surface area (Å²) in [6.45, 7) is 0.0362. The molecule has 0 aliphatic carbocycles. The second-order valence-electron chi connectivity index (χ2n) is 10.2. The van der Waals surface area contributed by atoms with Crippen LogP contribution < -0.4 is 20.9 Å². The Kier molecular flexibility index (Phi) is 10.3. The van der Waals surface area contributed by atoms with E-state index in [4.69, 9.17) is 22.6 Å². The van der Waals surface area contributed by atoms with E-state index in [1.165, 1.54) is 31.2 Å². The minimum absolute atomic E-state index is 0.0515. The normalized spacial score (nSPS) is 22.7. The monoisotopic (exact) mass is 696 g/mol. The van der Waals surface area contributed by atoms with Gasteiger partial charge in [0.15, 0.2) is 11.8 Å². The molecule has 1 fully saturated rings. The number of nitrogens with zero attached hydrogens (tertiary/aromatic N) is 3. The minimum Gasteiger partial charge on any atom is -0.468 e. The molecule has 1 saturated heterocycles. The van der Waals surface area contributed by atoms with Crippen molar-refractivity contribution in [1.82, 2.24) is 19.4 Å². The molecule has 7 atom stereocenters. The lowest BCUT2D eigenvalue weighted by molar-refractivity contribution is -0.142. The number of carbonyl (C=O) groups excluding carboxylic acids is 1. The molecule has 1 aliphatic heterocycles. The van der Waals surface area contributed by atoms with Crippen LogP contribution >= 0.6 is 15.6 Å². The smallest absolute Gasteiger partial charge is 0.468 e. The SMILES string of the molecule is COC(=O)C(C)NP(=O)(Oc1ccccc1)OP(=O)(O)OC[C@H]1O[C@@H](n2ccc(=O)n(Cc3noc4ccccc34)c2=O)C(O)[C@H]1O. The molecule has 4 unspecified atom stereocenters. The molecule has 20 heteroatoms. The van der Waals surface area contributed by atoms with Crippen molar-refractivity contribution in [3.8, 4) is 5.75 Å². The number of aromatic nitrogens is 3. The van der Waals surface area contributed by atoms with Crippen molar-refractivity contribution in [3.05, 3.63) is 93.4 Å². The third kappa shape index (κ3) is 7.79. The first kappa shape index (κ1) is 34.4. The molecule has 4 N–H and O–H groups in total. The highest BCUT2D eigenvalue weighted by Gasteiger charge is 2.47. The van der Waals surface area contributed by atoms with E-state index in [-0.39, 0.29) is 12.3 Å². The predicted molar refractivity (Wildman–Crippen MR) is 160 cm³/mol. The fraction of sp³-hybridized carbons (Fsp3) is 0.333. The fourth-order valence-corrected chi connectivity index (χ4v) is 7.61. The van der Waals surface area contributed by atoms with Gasteiger partial charge in [-0.25, -0.2) is 13.9 Å². The molecule has 0 spiro atoms. The zero-order valence-electron chi connectivity index (χ0n) is 24.7. The van der Waals surface area contributed by atoms with Gasteiger partial charge in [0.05, 0.1) is 20.3 Å². The van der Waals surface area contributed by atoms with E-state index in [9.17, 15) is 38.6 Å². The van der Waals surface area contributed by atoms with Gasteiger partial charge in [-0.3, -0.25) is 23.2 Å².